The van der Waals surface area contributed by atoms with Crippen LogP contribution in [0, 0.1) is 6.92 Å². The Morgan fingerprint density at radius 1 is 1.43 bits per heavy atom. The van der Waals surface area contributed by atoms with E-state index < -0.39 is 22.7 Å². The number of rotatable bonds is 3. The number of aryl methyl sites for hydroxylation is 1. The summed E-state index contributed by atoms with van der Waals surface area (Å²) in [4.78, 5) is 15.5. The molecule has 0 aliphatic carbocycles. The molecule has 9 heteroatoms. The molecular formula is C12H9ClF3N3O2. The molecule has 0 atom stereocenters. The first-order chi connectivity index (χ1) is 9.75. The van der Waals surface area contributed by atoms with Gasteiger partial charge in [-0.2, -0.15) is 18.2 Å². The van der Waals surface area contributed by atoms with E-state index in [2.05, 4.69) is 20.0 Å². The van der Waals surface area contributed by atoms with Crippen LogP contribution in [-0.4, -0.2) is 16.0 Å². The maximum absolute atomic E-state index is 12.7. The van der Waals surface area contributed by atoms with Gasteiger partial charge in [-0.25, -0.2) is 0 Å². The zero-order valence-corrected chi connectivity index (χ0v) is 11.4. The van der Waals surface area contributed by atoms with Gasteiger partial charge < -0.3 is 9.84 Å². The molecule has 0 saturated carbocycles. The summed E-state index contributed by atoms with van der Waals surface area (Å²) in [5.41, 5.74) is -1.03. The molecule has 1 N–H and O–H groups in total. The normalized spacial score (nSPS) is 11.5. The number of alkyl halides is 3. The van der Waals surface area contributed by atoms with Gasteiger partial charge in [-0.15, -0.1) is 0 Å². The van der Waals surface area contributed by atoms with Crippen LogP contribution in [0.2, 0.25) is 5.02 Å². The average Bonchev–Trinajstić information content (AvgIpc) is 2.75. The third-order valence-electron chi connectivity index (χ3n) is 2.44. The van der Waals surface area contributed by atoms with Crippen molar-refractivity contribution in [2.24, 2.45) is 0 Å². The van der Waals surface area contributed by atoms with Crippen molar-refractivity contribution in [1.29, 1.82) is 0 Å². The van der Waals surface area contributed by atoms with Crippen LogP contribution < -0.4 is 5.32 Å². The SMILES string of the molecule is Cc1nc(CC(=O)Nc2ccc(Cl)c(C(F)(F)F)c2)no1. The molecule has 1 heterocycles. The molecule has 5 nitrogen and oxygen atoms in total. The molecule has 0 saturated heterocycles. The number of amides is 1. The quantitative estimate of drug-likeness (QED) is 0.943. The van der Waals surface area contributed by atoms with Crippen LogP contribution in [0.5, 0.6) is 0 Å². The summed E-state index contributed by atoms with van der Waals surface area (Å²) in [5.74, 6) is -0.120. The Balaban J connectivity index is 2.11. The fourth-order valence-electron chi connectivity index (χ4n) is 1.58. The average molecular weight is 320 g/mol. The molecule has 0 spiro atoms. The largest absolute Gasteiger partial charge is 0.417 e. The summed E-state index contributed by atoms with van der Waals surface area (Å²) >= 11 is 5.48. The molecule has 0 bridgehead atoms. The highest BCUT2D eigenvalue weighted by molar-refractivity contribution is 6.31. The number of anilines is 1. The third kappa shape index (κ3) is 3.94. The van der Waals surface area contributed by atoms with Crippen molar-refractivity contribution in [1.82, 2.24) is 10.1 Å². The van der Waals surface area contributed by atoms with Gasteiger partial charge in [0.2, 0.25) is 11.8 Å². The standard InChI is InChI=1S/C12H9ClF3N3O2/c1-6-17-10(19-21-6)5-11(20)18-7-2-3-9(13)8(4-7)12(14,15)16/h2-4H,5H2,1H3,(H,18,20). The molecular weight excluding hydrogens is 311 g/mol. The van der Waals surface area contributed by atoms with Gasteiger partial charge in [0.05, 0.1) is 17.0 Å². The maximum Gasteiger partial charge on any atom is 0.417 e. The highest BCUT2D eigenvalue weighted by Gasteiger charge is 2.33. The number of nitrogens with zero attached hydrogens (tertiary/aromatic N) is 2. The smallest absolute Gasteiger partial charge is 0.340 e. The van der Waals surface area contributed by atoms with Crippen molar-refractivity contribution in [2.75, 3.05) is 5.32 Å². The summed E-state index contributed by atoms with van der Waals surface area (Å²) in [6.45, 7) is 1.56. The number of benzene rings is 1. The topological polar surface area (TPSA) is 68.0 Å². The second kappa shape index (κ2) is 5.72. The molecule has 21 heavy (non-hydrogen) atoms. The summed E-state index contributed by atoms with van der Waals surface area (Å²) < 4.78 is 42.7. The summed E-state index contributed by atoms with van der Waals surface area (Å²) in [7, 11) is 0. The Labute approximate surface area is 122 Å². The molecule has 0 aliphatic rings. The van der Waals surface area contributed by atoms with Crippen LogP contribution in [0.3, 0.4) is 0 Å². The lowest BCUT2D eigenvalue weighted by Gasteiger charge is -2.11. The lowest BCUT2D eigenvalue weighted by atomic mass is 10.2. The van der Waals surface area contributed by atoms with E-state index in [1.165, 1.54) is 6.07 Å². The van der Waals surface area contributed by atoms with Gasteiger partial charge in [-0.3, -0.25) is 4.79 Å². The monoisotopic (exact) mass is 319 g/mol. The first-order valence-corrected chi connectivity index (χ1v) is 6.09. The first-order valence-electron chi connectivity index (χ1n) is 5.71. The van der Waals surface area contributed by atoms with Gasteiger partial charge in [0.25, 0.3) is 0 Å². The number of halogens is 4. The van der Waals surface area contributed by atoms with Crippen molar-refractivity contribution in [3.05, 3.63) is 40.5 Å². The lowest BCUT2D eigenvalue weighted by molar-refractivity contribution is -0.137. The van der Waals surface area contributed by atoms with E-state index in [-0.39, 0.29) is 17.9 Å². The van der Waals surface area contributed by atoms with Gasteiger partial charge in [0.15, 0.2) is 5.82 Å². The van der Waals surface area contributed by atoms with Crippen molar-refractivity contribution >= 4 is 23.2 Å². The molecule has 0 fully saturated rings. The second-order valence-electron chi connectivity index (χ2n) is 4.15. The van der Waals surface area contributed by atoms with Crippen molar-refractivity contribution < 1.29 is 22.5 Å². The Kier molecular flexibility index (Phi) is 4.17. The van der Waals surface area contributed by atoms with Crippen LogP contribution in [0.25, 0.3) is 0 Å². The number of hydrogen-bond donors (Lipinski definition) is 1. The molecule has 2 rings (SSSR count). The number of aromatic nitrogens is 2. The molecule has 112 valence electrons. The summed E-state index contributed by atoms with van der Waals surface area (Å²) in [5, 5.41) is 5.40. The van der Waals surface area contributed by atoms with E-state index in [0.717, 1.165) is 12.1 Å². The number of hydrogen-bond acceptors (Lipinski definition) is 4. The molecule has 0 radical (unpaired) electrons. The Morgan fingerprint density at radius 3 is 2.71 bits per heavy atom. The summed E-state index contributed by atoms with van der Waals surface area (Å²) in [6, 6.07) is 3.11. The first kappa shape index (κ1) is 15.3. The highest BCUT2D eigenvalue weighted by Crippen LogP contribution is 2.36. The van der Waals surface area contributed by atoms with Crippen molar-refractivity contribution in [3.63, 3.8) is 0 Å². The summed E-state index contributed by atoms with van der Waals surface area (Å²) in [6.07, 6.45) is -4.80. The van der Waals surface area contributed by atoms with Crippen LogP contribution in [0.1, 0.15) is 17.3 Å². The lowest BCUT2D eigenvalue weighted by Crippen LogP contribution is -2.16. The van der Waals surface area contributed by atoms with Gasteiger partial charge in [0, 0.05) is 12.6 Å². The fourth-order valence-corrected chi connectivity index (χ4v) is 1.81. The van der Waals surface area contributed by atoms with E-state index in [1.807, 2.05) is 0 Å². The van der Waals surface area contributed by atoms with E-state index in [4.69, 9.17) is 11.6 Å². The molecule has 0 aliphatic heterocycles. The fraction of sp³-hybridized carbons (Fsp3) is 0.250. The third-order valence-corrected chi connectivity index (χ3v) is 2.77. The molecule has 0 unspecified atom stereocenters. The maximum atomic E-state index is 12.7. The minimum absolute atomic E-state index is 0.0167. The highest BCUT2D eigenvalue weighted by atomic mass is 35.5. The van der Waals surface area contributed by atoms with E-state index in [9.17, 15) is 18.0 Å². The van der Waals surface area contributed by atoms with Crippen molar-refractivity contribution in [3.8, 4) is 0 Å². The van der Waals surface area contributed by atoms with Crippen LogP contribution in [0.4, 0.5) is 18.9 Å². The van der Waals surface area contributed by atoms with Gasteiger partial charge >= 0.3 is 6.18 Å². The Morgan fingerprint density at radius 2 is 2.14 bits per heavy atom. The molecule has 1 aromatic carbocycles. The Hall–Kier alpha value is -2.09. The Bertz CT molecular complexity index is 670. The predicted molar refractivity (Wildman–Crippen MR) is 67.8 cm³/mol. The zero-order valence-electron chi connectivity index (χ0n) is 10.7. The number of carbonyl (C=O) groups excluding carboxylic acids is 1. The predicted octanol–water partition coefficient (Wildman–Crippen LogP) is 3.23. The van der Waals surface area contributed by atoms with Crippen LogP contribution >= 0.6 is 11.6 Å². The van der Waals surface area contributed by atoms with Gasteiger partial charge in [-0.1, -0.05) is 16.8 Å². The molecule has 1 aromatic heterocycles. The number of nitrogens with one attached hydrogen (secondary N) is 1. The van der Waals surface area contributed by atoms with Crippen LogP contribution in [0.15, 0.2) is 22.7 Å². The minimum Gasteiger partial charge on any atom is -0.340 e. The molecule has 2 aromatic rings. The van der Waals surface area contributed by atoms with E-state index in [1.54, 1.807) is 6.92 Å². The zero-order chi connectivity index (χ0) is 15.6. The van der Waals surface area contributed by atoms with Gasteiger partial charge in [-0.05, 0) is 18.2 Å². The minimum atomic E-state index is -4.59. The van der Waals surface area contributed by atoms with Crippen molar-refractivity contribution in [2.45, 2.75) is 19.5 Å². The van der Waals surface area contributed by atoms with E-state index >= 15 is 0 Å². The van der Waals surface area contributed by atoms with Gasteiger partial charge in [0.1, 0.15) is 0 Å². The molecule has 1 amide bonds. The second-order valence-corrected chi connectivity index (χ2v) is 4.55. The number of carbonyl (C=O) groups is 1. The van der Waals surface area contributed by atoms with E-state index in [0.29, 0.717) is 5.89 Å². The van der Waals surface area contributed by atoms with Crippen LogP contribution in [-0.2, 0) is 17.4 Å².